The molecule has 2 unspecified atom stereocenters. The Morgan fingerprint density at radius 2 is 2.00 bits per heavy atom. The summed E-state index contributed by atoms with van der Waals surface area (Å²) in [5, 5.41) is 3.45. The number of halogens is 2. The Balaban J connectivity index is 1.80. The summed E-state index contributed by atoms with van der Waals surface area (Å²) in [5.74, 6) is -0.378. The highest BCUT2D eigenvalue weighted by Crippen LogP contribution is 2.30. The van der Waals surface area contributed by atoms with Crippen molar-refractivity contribution in [2.45, 2.75) is 32.2 Å². The fraction of sp³-hybridized carbons (Fsp3) is 0.269. The number of aromatic nitrogens is 3. The fourth-order valence-electron chi connectivity index (χ4n) is 4.28. The summed E-state index contributed by atoms with van der Waals surface area (Å²) in [7, 11) is 1.64. The average Bonchev–Trinajstić information content (AvgIpc) is 2.87. The van der Waals surface area contributed by atoms with Crippen LogP contribution in [0.3, 0.4) is 0 Å². The van der Waals surface area contributed by atoms with Crippen LogP contribution in [0.5, 0.6) is 0 Å². The van der Waals surface area contributed by atoms with Crippen LogP contribution in [0.25, 0.3) is 11.3 Å². The van der Waals surface area contributed by atoms with Gasteiger partial charge in [0, 0.05) is 52.1 Å². The number of nitrogens with zero attached hydrogens (tertiary/aromatic N) is 4. The molecule has 3 N–H and O–H groups in total. The van der Waals surface area contributed by atoms with Crippen molar-refractivity contribution in [3.63, 3.8) is 0 Å². The number of aliphatic imine (C=N–C) groups is 1. The van der Waals surface area contributed by atoms with E-state index < -0.39 is 0 Å². The van der Waals surface area contributed by atoms with Gasteiger partial charge in [-0.1, -0.05) is 40.9 Å². The molecule has 0 saturated carbocycles. The second-order valence-electron chi connectivity index (χ2n) is 8.60. The minimum absolute atomic E-state index is 0.130. The van der Waals surface area contributed by atoms with Gasteiger partial charge in [-0.05, 0) is 43.2 Å². The molecule has 3 heterocycles. The van der Waals surface area contributed by atoms with Crippen LogP contribution in [-0.2, 0) is 4.79 Å². The van der Waals surface area contributed by atoms with Gasteiger partial charge >= 0.3 is 0 Å². The van der Waals surface area contributed by atoms with Crippen molar-refractivity contribution < 1.29 is 4.79 Å². The van der Waals surface area contributed by atoms with Gasteiger partial charge in [-0.3, -0.25) is 24.1 Å². The maximum absolute atomic E-state index is 13.3. The van der Waals surface area contributed by atoms with E-state index in [2.05, 4.69) is 36.2 Å². The lowest BCUT2D eigenvalue weighted by Crippen LogP contribution is -2.33. The highest BCUT2D eigenvalue weighted by Gasteiger charge is 2.23. The standard InChI is InChI=1S/C26H26BrClN6O2/c1-15-4-3-5-23(21-10-16(8-9-31-21)25(30-2)22(13-29)33-26(15)36)34-14-32-20(12-24(34)35)18-11-17(28)6-7-19(18)27/h6-15,23H,3-5,29H2,1-2H3,(H,33,36). The highest BCUT2D eigenvalue weighted by atomic mass is 79.9. The van der Waals surface area contributed by atoms with Crippen molar-refractivity contribution in [1.82, 2.24) is 19.9 Å². The number of rotatable bonds is 2. The molecule has 0 spiro atoms. The number of pyridine rings is 1. The molecule has 2 aromatic heterocycles. The molecule has 8 nitrogen and oxygen atoms in total. The topological polar surface area (TPSA) is 115 Å². The maximum atomic E-state index is 13.3. The van der Waals surface area contributed by atoms with Crippen molar-refractivity contribution in [1.29, 1.82) is 0 Å². The molecule has 4 rings (SSSR count). The normalized spacial score (nSPS) is 21.1. The van der Waals surface area contributed by atoms with Gasteiger partial charge in [0.2, 0.25) is 5.91 Å². The number of nitrogens with two attached hydrogens (primary N) is 1. The van der Waals surface area contributed by atoms with Gasteiger partial charge < -0.3 is 11.1 Å². The molecule has 0 saturated heterocycles. The first-order valence-electron chi connectivity index (χ1n) is 11.5. The van der Waals surface area contributed by atoms with Crippen LogP contribution in [-0.4, -0.2) is 33.2 Å². The molecule has 1 aliphatic rings. The summed E-state index contributed by atoms with van der Waals surface area (Å²) in [4.78, 5) is 39.6. The zero-order valence-electron chi connectivity index (χ0n) is 19.9. The summed E-state index contributed by atoms with van der Waals surface area (Å²) in [6.07, 6.45) is 6.50. The number of benzene rings is 1. The molecule has 2 atom stereocenters. The molecule has 1 aliphatic heterocycles. The predicted octanol–water partition coefficient (Wildman–Crippen LogP) is 4.47. The van der Waals surface area contributed by atoms with Crippen LogP contribution in [0.4, 0.5) is 0 Å². The van der Waals surface area contributed by atoms with E-state index in [0.29, 0.717) is 47.1 Å². The number of hydrogen-bond acceptors (Lipinski definition) is 6. The fourth-order valence-corrected chi connectivity index (χ4v) is 4.90. The van der Waals surface area contributed by atoms with Crippen LogP contribution in [0.1, 0.15) is 43.5 Å². The lowest BCUT2D eigenvalue weighted by molar-refractivity contribution is -0.123. The molecule has 10 heteroatoms. The van der Waals surface area contributed by atoms with Gasteiger partial charge in [-0.15, -0.1) is 0 Å². The molecule has 1 amide bonds. The highest BCUT2D eigenvalue weighted by molar-refractivity contribution is 9.10. The van der Waals surface area contributed by atoms with Gasteiger partial charge in [0.25, 0.3) is 5.56 Å². The minimum atomic E-state index is -0.375. The molecular weight excluding hydrogens is 544 g/mol. The van der Waals surface area contributed by atoms with E-state index in [1.165, 1.54) is 12.3 Å². The predicted molar refractivity (Wildman–Crippen MR) is 145 cm³/mol. The maximum Gasteiger partial charge on any atom is 0.254 e. The van der Waals surface area contributed by atoms with Gasteiger partial charge in [-0.25, -0.2) is 4.98 Å². The molecule has 186 valence electrons. The zero-order chi connectivity index (χ0) is 25.8. The van der Waals surface area contributed by atoms with Gasteiger partial charge in [-0.2, -0.15) is 0 Å². The Labute approximate surface area is 222 Å². The smallest absolute Gasteiger partial charge is 0.254 e. The molecule has 3 aromatic rings. The number of carbonyl (C=O) groups is 1. The summed E-state index contributed by atoms with van der Waals surface area (Å²) >= 11 is 9.67. The summed E-state index contributed by atoms with van der Waals surface area (Å²) in [6, 6.07) is 10.2. The Morgan fingerprint density at radius 3 is 2.72 bits per heavy atom. The van der Waals surface area contributed by atoms with E-state index in [1.54, 1.807) is 42.3 Å². The van der Waals surface area contributed by atoms with Crippen molar-refractivity contribution in [3.05, 3.63) is 91.9 Å². The van der Waals surface area contributed by atoms with E-state index in [4.69, 9.17) is 17.3 Å². The summed E-state index contributed by atoms with van der Waals surface area (Å²) < 4.78 is 2.38. The Morgan fingerprint density at radius 1 is 1.19 bits per heavy atom. The molecule has 1 aromatic carbocycles. The third-order valence-electron chi connectivity index (χ3n) is 6.24. The SMILES string of the molecule is CN=C1C(=CN)NC(=O)C(C)CCCC(n2cnc(-c3cc(Cl)ccc3Br)cc2=O)c2cc1ccn2. The number of fused-ring (bicyclic) bond motifs is 2. The first-order chi connectivity index (χ1) is 17.3. The van der Waals surface area contributed by atoms with E-state index in [1.807, 2.05) is 19.1 Å². The van der Waals surface area contributed by atoms with Crippen molar-refractivity contribution >= 4 is 39.1 Å². The van der Waals surface area contributed by atoms with Crippen molar-refractivity contribution in [2.75, 3.05) is 7.05 Å². The monoisotopic (exact) mass is 568 g/mol. The third-order valence-corrected chi connectivity index (χ3v) is 7.16. The van der Waals surface area contributed by atoms with E-state index >= 15 is 0 Å². The Hall–Kier alpha value is -3.30. The number of carbonyl (C=O) groups excluding carboxylic acids is 1. The van der Waals surface area contributed by atoms with Crippen LogP contribution in [0.15, 0.2) is 75.1 Å². The molecular formula is C26H26BrClN6O2. The first kappa shape index (κ1) is 25.8. The molecule has 2 bridgehead atoms. The van der Waals surface area contributed by atoms with Crippen LogP contribution < -0.4 is 16.6 Å². The van der Waals surface area contributed by atoms with E-state index in [-0.39, 0.29) is 23.4 Å². The van der Waals surface area contributed by atoms with Crippen molar-refractivity contribution in [3.8, 4) is 11.3 Å². The van der Waals surface area contributed by atoms with E-state index in [9.17, 15) is 9.59 Å². The second-order valence-corrected chi connectivity index (χ2v) is 9.89. The molecule has 0 radical (unpaired) electrons. The quantitative estimate of drug-likeness (QED) is 0.473. The number of amides is 1. The van der Waals surface area contributed by atoms with E-state index in [0.717, 1.165) is 15.6 Å². The Bertz CT molecular complexity index is 1420. The molecule has 0 aliphatic carbocycles. The lowest BCUT2D eigenvalue weighted by atomic mass is 9.96. The number of allylic oxidation sites excluding steroid dienone is 1. The first-order valence-corrected chi connectivity index (χ1v) is 12.7. The lowest BCUT2D eigenvalue weighted by Gasteiger charge is -2.23. The summed E-state index contributed by atoms with van der Waals surface area (Å²) in [5.41, 5.74) is 9.28. The van der Waals surface area contributed by atoms with Crippen LogP contribution >= 0.6 is 27.5 Å². The van der Waals surface area contributed by atoms with Crippen LogP contribution in [0, 0.1) is 5.92 Å². The average molecular weight is 570 g/mol. The van der Waals surface area contributed by atoms with Gasteiger partial charge in [0.15, 0.2) is 0 Å². The van der Waals surface area contributed by atoms with Crippen molar-refractivity contribution in [2.24, 2.45) is 16.6 Å². The molecule has 36 heavy (non-hydrogen) atoms. The largest absolute Gasteiger partial charge is 0.403 e. The summed E-state index contributed by atoms with van der Waals surface area (Å²) in [6.45, 7) is 1.87. The third kappa shape index (κ3) is 5.42. The second kappa shape index (κ2) is 11.2. The molecule has 0 fully saturated rings. The zero-order valence-corrected chi connectivity index (χ0v) is 22.3. The van der Waals surface area contributed by atoms with Gasteiger partial charge in [0.05, 0.1) is 35.2 Å². The van der Waals surface area contributed by atoms with Crippen LogP contribution in [0.2, 0.25) is 5.02 Å². The van der Waals surface area contributed by atoms with Gasteiger partial charge in [0.1, 0.15) is 0 Å². The number of hydrogen-bond donors (Lipinski definition) is 2. The number of nitrogens with one attached hydrogen (secondary N) is 1. The Kier molecular flexibility index (Phi) is 8.01. The minimum Gasteiger partial charge on any atom is -0.403 e.